The van der Waals surface area contributed by atoms with Crippen molar-refractivity contribution in [2.24, 2.45) is 13.0 Å². The first-order valence-corrected chi connectivity index (χ1v) is 11.8. The number of likely N-dealkylation sites (tertiary alicyclic amines) is 1. The van der Waals surface area contributed by atoms with Crippen molar-refractivity contribution in [3.8, 4) is 0 Å². The van der Waals surface area contributed by atoms with Crippen molar-refractivity contribution in [3.05, 3.63) is 51.5 Å². The average Bonchev–Trinajstić information content (AvgIpc) is 3.45. The summed E-state index contributed by atoms with van der Waals surface area (Å²) in [7, 11) is 2.07. The molecule has 2 atom stereocenters. The van der Waals surface area contributed by atoms with Crippen molar-refractivity contribution in [1.82, 2.24) is 23.9 Å². The lowest BCUT2D eigenvalue weighted by Crippen LogP contribution is -2.48. The van der Waals surface area contributed by atoms with Crippen molar-refractivity contribution >= 4 is 5.91 Å². The number of aryl methyl sites for hydroxylation is 1. The summed E-state index contributed by atoms with van der Waals surface area (Å²) in [5, 5.41) is 0. The summed E-state index contributed by atoms with van der Waals surface area (Å²) in [5.41, 5.74) is 2.65. The fourth-order valence-electron chi connectivity index (χ4n) is 6.65. The minimum absolute atomic E-state index is 0.0331. The molecule has 2 aromatic heterocycles. The van der Waals surface area contributed by atoms with Gasteiger partial charge < -0.3 is 14.0 Å². The third-order valence-corrected chi connectivity index (χ3v) is 8.30. The van der Waals surface area contributed by atoms with E-state index < -0.39 is 0 Å². The molecule has 0 radical (unpaired) electrons. The van der Waals surface area contributed by atoms with E-state index in [4.69, 9.17) is 0 Å². The van der Waals surface area contributed by atoms with E-state index in [1.807, 2.05) is 28.7 Å². The van der Waals surface area contributed by atoms with Crippen LogP contribution in [0.15, 0.2) is 23.1 Å². The standard InChI is InChI=1S/C24H31N5O2/c1-15-25-10-20(26(15)2)14-27-11-16-9-17(13-27)22-8-7-21(23(30)28(22)12-16)24(31)29-18-3-4-19(29)6-5-18/h7-8,10,16-19H,3-6,9,11-14H2,1-2H3/t16-,17+,18?,19?/m0/s1. The van der Waals surface area contributed by atoms with Crippen molar-refractivity contribution in [2.45, 2.75) is 70.1 Å². The SMILES string of the molecule is Cc1ncc(CN2C[C@@H]3C[C@H](C2)c2ccc(C(=O)N4C5CCC4CC5)c(=O)n2C3)n1C. The Balaban J connectivity index is 1.26. The molecule has 4 aliphatic heterocycles. The van der Waals surface area contributed by atoms with Crippen LogP contribution in [0.2, 0.25) is 0 Å². The number of hydrogen-bond donors (Lipinski definition) is 0. The maximum atomic E-state index is 13.4. The molecule has 0 aliphatic carbocycles. The van der Waals surface area contributed by atoms with Crippen LogP contribution in [-0.4, -0.2) is 55.0 Å². The first-order valence-electron chi connectivity index (χ1n) is 11.8. The van der Waals surface area contributed by atoms with E-state index in [-0.39, 0.29) is 11.5 Å². The second kappa shape index (κ2) is 7.05. The van der Waals surface area contributed by atoms with Gasteiger partial charge in [-0.15, -0.1) is 0 Å². The normalized spacial score (nSPS) is 29.4. The summed E-state index contributed by atoms with van der Waals surface area (Å²) in [6.07, 6.45) is 7.49. The highest BCUT2D eigenvalue weighted by Gasteiger charge is 2.43. The Morgan fingerprint density at radius 2 is 1.84 bits per heavy atom. The van der Waals surface area contributed by atoms with E-state index in [0.29, 0.717) is 29.5 Å². The lowest BCUT2D eigenvalue weighted by atomic mass is 9.83. The molecule has 6 heterocycles. The fourth-order valence-corrected chi connectivity index (χ4v) is 6.65. The van der Waals surface area contributed by atoms with Gasteiger partial charge in [-0.25, -0.2) is 4.98 Å². The molecule has 1 amide bonds. The number of hydrogen-bond acceptors (Lipinski definition) is 4. The molecule has 7 heteroatoms. The number of rotatable bonds is 3. The minimum Gasteiger partial charge on any atom is -0.334 e. The van der Waals surface area contributed by atoms with Crippen LogP contribution in [-0.2, 0) is 20.1 Å². The van der Waals surface area contributed by atoms with Gasteiger partial charge in [-0.1, -0.05) is 0 Å². The highest BCUT2D eigenvalue weighted by Crippen LogP contribution is 2.39. The molecule has 3 saturated heterocycles. The van der Waals surface area contributed by atoms with Gasteiger partial charge in [0.05, 0.1) is 5.69 Å². The van der Waals surface area contributed by atoms with Gasteiger partial charge in [0, 0.05) is 63.1 Å². The topological polar surface area (TPSA) is 63.4 Å². The lowest BCUT2D eigenvalue weighted by Gasteiger charge is -2.43. The van der Waals surface area contributed by atoms with E-state index in [0.717, 1.165) is 69.8 Å². The Bertz CT molecular complexity index is 1080. The zero-order valence-electron chi connectivity index (χ0n) is 18.5. The van der Waals surface area contributed by atoms with E-state index >= 15 is 0 Å². The highest BCUT2D eigenvalue weighted by atomic mass is 16.2. The first-order chi connectivity index (χ1) is 15.0. The van der Waals surface area contributed by atoms with Crippen molar-refractivity contribution in [2.75, 3.05) is 13.1 Å². The van der Waals surface area contributed by atoms with Gasteiger partial charge >= 0.3 is 0 Å². The summed E-state index contributed by atoms with van der Waals surface area (Å²) < 4.78 is 4.09. The first kappa shape index (κ1) is 19.3. The Kier molecular flexibility index (Phi) is 4.39. The number of amides is 1. The highest BCUT2D eigenvalue weighted by molar-refractivity contribution is 5.94. The van der Waals surface area contributed by atoms with Gasteiger partial charge in [-0.3, -0.25) is 14.5 Å². The molecule has 0 N–H and O–H groups in total. The molecule has 0 spiro atoms. The number of pyridine rings is 1. The van der Waals surface area contributed by atoms with E-state index in [2.05, 4.69) is 27.6 Å². The number of nitrogens with zero attached hydrogens (tertiary/aromatic N) is 5. The van der Waals surface area contributed by atoms with Crippen LogP contribution < -0.4 is 5.56 Å². The number of carbonyl (C=O) groups is 1. The quantitative estimate of drug-likeness (QED) is 0.763. The smallest absolute Gasteiger partial charge is 0.263 e. The van der Waals surface area contributed by atoms with Crippen LogP contribution in [0, 0.1) is 12.8 Å². The third kappa shape index (κ3) is 3.00. The van der Waals surface area contributed by atoms with Gasteiger partial charge in [-0.2, -0.15) is 0 Å². The fraction of sp³-hybridized carbons (Fsp3) is 0.625. The predicted molar refractivity (Wildman–Crippen MR) is 117 cm³/mol. The Hall–Kier alpha value is -2.41. The van der Waals surface area contributed by atoms with Crippen LogP contribution in [0.4, 0.5) is 0 Å². The molecule has 3 fully saturated rings. The van der Waals surface area contributed by atoms with Crippen LogP contribution in [0.1, 0.15) is 65.6 Å². The monoisotopic (exact) mass is 421 g/mol. The van der Waals surface area contributed by atoms with Crippen LogP contribution in [0.3, 0.4) is 0 Å². The van der Waals surface area contributed by atoms with E-state index in [1.165, 1.54) is 5.69 Å². The van der Waals surface area contributed by atoms with Gasteiger partial charge in [0.2, 0.25) is 0 Å². The second-order valence-electron chi connectivity index (χ2n) is 10.1. The Morgan fingerprint density at radius 1 is 1.10 bits per heavy atom. The molecule has 2 aromatic rings. The number of imidazole rings is 1. The predicted octanol–water partition coefficient (Wildman–Crippen LogP) is 2.28. The number of aromatic nitrogens is 3. The molecule has 6 rings (SSSR count). The summed E-state index contributed by atoms with van der Waals surface area (Å²) in [5.74, 6) is 1.80. The molecule has 7 nitrogen and oxygen atoms in total. The molecule has 0 unspecified atom stereocenters. The van der Waals surface area contributed by atoms with Gasteiger partial charge in [0.15, 0.2) is 0 Å². The average molecular weight is 422 g/mol. The molecule has 4 aliphatic rings. The third-order valence-electron chi connectivity index (χ3n) is 8.30. The molecule has 4 bridgehead atoms. The summed E-state index contributed by atoms with van der Waals surface area (Å²) in [4.78, 5) is 35.6. The molecule has 31 heavy (non-hydrogen) atoms. The lowest BCUT2D eigenvalue weighted by molar-refractivity contribution is 0.0724. The maximum absolute atomic E-state index is 13.4. The maximum Gasteiger partial charge on any atom is 0.263 e. The molecule has 0 aromatic carbocycles. The molecular formula is C24H31N5O2. The Labute approximate surface area is 182 Å². The van der Waals surface area contributed by atoms with Crippen molar-refractivity contribution in [3.63, 3.8) is 0 Å². The van der Waals surface area contributed by atoms with Gasteiger partial charge in [0.25, 0.3) is 11.5 Å². The van der Waals surface area contributed by atoms with Crippen molar-refractivity contribution < 1.29 is 4.79 Å². The largest absolute Gasteiger partial charge is 0.334 e. The van der Waals surface area contributed by atoms with E-state index in [9.17, 15) is 9.59 Å². The minimum atomic E-state index is -0.0702. The van der Waals surface area contributed by atoms with Crippen molar-refractivity contribution in [1.29, 1.82) is 0 Å². The summed E-state index contributed by atoms with van der Waals surface area (Å²) >= 11 is 0. The zero-order valence-corrected chi connectivity index (χ0v) is 18.5. The van der Waals surface area contributed by atoms with Crippen LogP contribution in [0.25, 0.3) is 0 Å². The summed E-state index contributed by atoms with van der Waals surface area (Å²) in [6.45, 7) is 5.58. The molecule has 0 saturated carbocycles. The summed E-state index contributed by atoms with van der Waals surface area (Å²) in [6, 6.07) is 4.58. The number of carbonyl (C=O) groups excluding carboxylic acids is 1. The number of fused-ring (bicyclic) bond motifs is 6. The second-order valence-corrected chi connectivity index (χ2v) is 10.1. The zero-order chi connectivity index (χ0) is 21.3. The van der Waals surface area contributed by atoms with Gasteiger partial charge in [-0.05, 0) is 57.1 Å². The molecular weight excluding hydrogens is 390 g/mol. The molecule has 164 valence electrons. The van der Waals surface area contributed by atoms with Crippen LogP contribution in [0.5, 0.6) is 0 Å². The number of piperidine rings is 1. The Morgan fingerprint density at radius 3 is 2.52 bits per heavy atom. The van der Waals surface area contributed by atoms with Gasteiger partial charge in [0.1, 0.15) is 11.4 Å². The van der Waals surface area contributed by atoms with Crippen LogP contribution >= 0.6 is 0 Å². The van der Waals surface area contributed by atoms with E-state index in [1.54, 1.807) is 0 Å².